The van der Waals surface area contributed by atoms with Crippen molar-refractivity contribution in [3.05, 3.63) is 68.8 Å². The largest absolute Gasteiger partial charge is 0.465 e. The van der Waals surface area contributed by atoms with Crippen molar-refractivity contribution in [2.75, 3.05) is 6.54 Å². The van der Waals surface area contributed by atoms with Gasteiger partial charge in [0.1, 0.15) is 0 Å². The first-order valence-corrected chi connectivity index (χ1v) is 13.1. The molecule has 1 saturated heterocycles. The number of piperidine rings is 1. The Morgan fingerprint density at radius 3 is 2.30 bits per heavy atom. The van der Waals surface area contributed by atoms with E-state index in [2.05, 4.69) is 10.4 Å². The van der Waals surface area contributed by atoms with Gasteiger partial charge in [0.05, 0.1) is 16.4 Å². The number of nitrogens with one attached hydrogen (secondary N) is 1. The van der Waals surface area contributed by atoms with E-state index in [1.807, 2.05) is 39.8 Å². The van der Waals surface area contributed by atoms with Crippen molar-refractivity contribution in [2.24, 2.45) is 5.41 Å². The van der Waals surface area contributed by atoms with Crippen LogP contribution in [-0.4, -0.2) is 50.4 Å². The molecule has 0 aliphatic carbocycles. The summed E-state index contributed by atoms with van der Waals surface area (Å²) in [5, 5.41) is 18.9. The number of aromatic nitrogens is 2. The van der Waals surface area contributed by atoms with Gasteiger partial charge in [0.2, 0.25) is 0 Å². The summed E-state index contributed by atoms with van der Waals surface area (Å²) in [5.41, 5.74) is 2.79. The summed E-state index contributed by atoms with van der Waals surface area (Å²) in [4.78, 5) is 26.8. The van der Waals surface area contributed by atoms with Crippen molar-refractivity contribution in [1.82, 2.24) is 20.0 Å². The van der Waals surface area contributed by atoms with E-state index in [1.54, 1.807) is 35.0 Å². The molecule has 2 heterocycles. The van der Waals surface area contributed by atoms with E-state index in [9.17, 15) is 14.7 Å². The lowest BCUT2D eigenvalue weighted by Crippen LogP contribution is -2.56. The average Bonchev–Trinajstić information content (AvgIpc) is 3.15. The molecule has 7 nitrogen and oxygen atoms in total. The van der Waals surface area contributed by atoms with Gasteiger partial charge in [-0.25, -0.2) is 9.48 Å². The van der Waals surface area contributed by atoms with Crippen molar-refractivity contribution < 1.29 is 14.7 Å². The number of carboxylic acid groups (broad SMARTS) is 1. The van der Waals surface area contributed by atoms with Crippen LogP contribution in [0.1, 0.15) is 49.7 Å². The van der Waals surface area contributed by atoms with E-state index >= 15 is 0 Å². The van der Waals surface area contributed by atoms with Gasteiger partial charge in [0.15, 0.2) is 5.69 Å². The third kappa shape index (κ3) is 5.74. The van der Waals surface area contributed by atoms with Crippen LogP contribution in [0.3, 0.4) is 0 Å². The molecule has 2 unspecified atom stereocenters. The molecule has 2 atom stereocenters. The molecule has 2 aromatic carbocycles. The number of rotatable bonds is 4. The number of carbonyl (C=O) groups is 2. The highest BCUT2D eigenvalue weighted by molar-refractivity contribution is 6.35. The lowest BCUT2D eigenvalue weighted by atomic mass is 9.79. The molecule has 2 amide bonds. The molecule has 0 radical (unpaired) electrons. The number of nitrogens with zero attached hydrogens (tertiary/aromatic N) is 3. The van der Waals surface area contributed by atoms with E-state index in [0.29, 0.717) is 51.4 Å². The first-order chi connectivity index (χ1) is 17.4. The minimum Gasteiger partial charge on any atom is -0.465 e. The Balaban J connectivity index is 1.70. The van der Waals surface area contributed by atoms with Crippen molar-refractivity contribution >= 4 is 46.8 Å². The zero-order valence-electron chi connectivity index (χ0n) is 21.1. The standard InChI is InChI=1S/C27H29Cl3N4O3/c1-15-23(25(35)31-19-11-12-33(26(36)37)22(14-19)27(2,3)4)32-34(21-10-9-18(29)13-20(21)30)24(15)16-5-7-17(28)8-6-16/h5-10,13,19,22H,11-12,14H2,1-4H3,(H,31,35)(H,36,37). The van der Waals surface area contributed by atoms with Crippen LogP contribution < -0.4 is 5.32 Å². The molecule has 0 bridgehead atoms. The quantitative estimate of drug-likeness (QED) is 0.355. The van der Waals surface area contributed by atoms with Crippen molar-refractivity contribution in [2.45, 2.75) is 52.6 Å². The minimum absolute atomic E-state index is 0.185. The van der Waals surface area contributed by atoms with Crippen molar-refractivity contribution in [3.8, 4) is 16.9 Å². The van der Waals surface area contributed by atoms with E-state index in [1.165, 1.54) is 4.90 Å². The van der Waals surface area contributed by atoms with Gasteiger partial charge >= 0.3 is 6.09 Å². The third-order valence-corrected chi connectivity index (χ3v) is 7.57. The van der Waals surface area contributed by atoms with Gasteiger partial charge in [-0.1, -0.05) is 67.7 Å². The molecule has 0 saturated carbocycles. The second kappa shape index (κ2) is 10.6. The maximum Gasteiger partial charge on any atom is 0.407 e. The first-order valence-electron chi connectivity index (χ1n) is 12.0. The number of carbonyl (C=O) groups excluding carboxylic acids is 1. The van der Waals surface area contributed by atoms with Crippen molar-refractivity contribution in [3.63, 3.8) is 0 Å². The summed E-state index contributed by atoms with van der Waals surface area (Å²) in [6.07, 6.45) is 0.109. The molecule has 4 rings (SSSR count). The Morgan fingerprint density at radius 2 is 1.70 bits per heavy atom. The Hall–Kier alpha value is -2.74. The summed E-state index contributed by atoms with van der Waals surface area (Å²) >= 11 is 18.8. The molecule has 196 valence electrons. The van der Waals surface area contributed by atoms with Gasteiger partial charge in [-0.15, -0.1) is 0 Å². The molecule has 3 aromatic rings. The van der Waals surface area contributed by atoms with Gasteiger partial charge in [-0.05, 0) is 55.5 Å². The first kappa shape index (κ1) is 27.3. The van der Waals surface area contributed by atoms with Crippen LogP contribution >= 0.6 is 34.8 Å². The van der Waals surface area contributed by atoms with Crippen LogP contribution in [0.2, 0.25) is 15.1 Å². The smallest absolute Gasteiger partial charge is 0.407 e. The summed E-state index contributed by atoms with van der Waals surface area (Å²) < 4.78 is 1.65. The van der Waals surface area contributed by atoms with Crippen LogP contribution in [0.5, 0.6) is 0 Å². The summed E-state index contributed by atoms with van der Waals surface area (Å²) in [6, 6.07) is 12.0. The lowest BCUT2D eigenvalue weighted by molar-refractivity contribution is 0.0469. The van der Waals surface area contributed by atoms with Gasteiger partial charge in [0.25, 0.3) is 5.91 Å². The van der Waals surface area contributed by atoms with Crippen molar-refractivity contribution in [1.29, 1.82) is 0 Å². The number of likely N-dealkylation sites (tertiary alicyclic amines) is 1. The van der Waals surface area contributed by atoms with Gasteiger partial charge in [-0.3, -0.25) is 4.79 Å². The fourth-order valence-corrected chi connectivity index (χ4v) is 5.50. The SMILES string of the molecule is Cc1c(C(=O)NC2CCN(C(=O)O)C(C(C)(C)C)C2)nn(-c2ccc(Cl)cc2Cl)c1-c1ccc(Cl)cc1. The molecule has 2 N–H and O–H groups in total. The summed E-state index contributed by atoms with van der Waals surface area (Å²) in [5.74, 6) is -0.321. The van der Waals surface area contributed by atoms with Crippen LogP contribution in [0, 0.1) is 12.3 Å². The van der Waals surface area contributed by atoms with Crippen LogP contribution in [0.4, 0.5) is 4.79 Å². The fraction of sp³-hybridized carbons (Fsp3) is 0.370. The van der Waals surface area contributed by atoms with Crippen LogP contribution in [0.15, 0.2) is 42.5 Å². The predicted octanol–water partition coefficient (Wildman–Crippen LogP) is 7.09. The zero-order valence-corrected chi connectivity index (χ0v) is 23.3. The van der Waals surface area contributed by atoms with Gasteiger partial charge < -0.3 is 15.3 Å². The maximum absolute atomic E-state index is 13.5. The Kier molecular flexibility index (Phi) is 7.79. The van der Waals surface area contributed by atoms with E-state index < -0.39 is 6.09 Å². The Labute approximate surface area is 231 Å². The summed E-state index contributed by atoms with van der Waals surface area (Å²) in [7, 11) is 0. The second-order valence-corrected chi connectivity index (χ2v) is 11.7. The molecular weight excluding hydrogens is 535 g/mol. The fourth-order valence-electron chi connectivity index (χ4n) is 4.89. The van der Waals surface area contributed by atoms with E-state index in [-0.39, 0.29) is 29.1 Å². The molecule has 37 heavy (non-hydrogen) atoms. The number of amides is 2. The molecule has 1 aromatic heterocycles. The molecule has 1 aliphatic heterocycles. The van der Waals surface area contributed by atoms with Crippen LogP contribution in [-0.2, 0) is 0 Å². The highest BCUT2D eigenvalue weighted by Crippen LogP contribution is 2.35. The minimum atomic E-state index is -0.938. The number of hydrogen-bond acceptors (Lipinski definition) is 3. The van der Waals surface area contributed by atoms with Gasteiger partial charge in [0, 0.05) is 39.8 Å². The Bertz CT molecular complexity index is 1330. The lowest BCUT2D eigenvalue weighted by Gasteiger charge is -2.44. The monoisotopic (exact) mass is 562 g/mol. The zero-order chi connectivity index (χ0) is 27.1. The molecule has 1 aliphatic rings. The van der Waals surface area contributed by atoms with Gasteiger partial charge in [-0.2, -0.15) is 5.10 Å². The second-order valence-electron chi connectivity index (χ2n) is 10.4. The topological polar surface area (TPSA) is 87.5 Å². The number of benzene rings is 2. The highest BCUT2D eigenvalue weighted by Gasteiger charge is 2.39. The highest BCUT2D eigenvalue weighted by atomic mass is 35.5. The molecule has 10 heteroatoms. The number of hydrogen-bond donors (Lipinski definition) is 2. The molecular formula is C27H29Cl3N4O3. The van der Waals surface area contributed by atoms with E-state index in [4.69, 9.17) is 34.8 Å². The third-order valence-electron chi connectivity index (χ3n) is 6.78. The summed E-state index contributed by atoms with van der Waals surface area (Å²) in [6.45, 7) is 8.23. The van der Waals surface area contributed by atoms with Crippen LogP contribution in [0.25, 0.3) is 16.9 Å². The number of halogens is 3. The predicted molar refractivity (Wildman–Crippen MR) is 147 cm³/mol. The van der Waals surface area contributed by atoms with E-state index in [0.717, 1.165) is 5.56 Å². The molecule has 0 spiro atoms. The Morgan fingerprint density at radius 1 is 1.05 bits per heavy atom. The average molecular weight is 564 g/mol. The molecule has 1 fully saturated rings. The normalized spacial score (nSPS) is 18.1. The maximum atomic E-state index is 13.5.